The minimum Gasteiger partial charge on any atom is -0.306 e. The molecule has 242 valence electrons. The molecule has 9 fully saturated rings. The van der Waals surface area contributed by atoms with Crippen LogP contribution in [0.1, 0.15) is 96.3 Å². The molecule has 0 spiro atoms. The van der Waals surface area contributed by atoms with Crippen molar-refractivity contribution in [3.8, 4) is 0 Å². The van der Waals surface area contributed by atoms with Gasteiger partial charge in [0.2, 0.25) is 0 Å². The summed E-state index contributed by atoms with van der Waals surface area (Å²) in [6, 6.07) is 0.631. The van der Waals surface area contributed by atoms with Crippen LogP contribution in [0.5, 0.6) is 0 Å². The van der Waals surface area contributed by atoms with Gasteiger partial charge in [0.25, 0.3) is 0 Å². The Morgan fingerprint density at radius 2 is 0.605 bits per heavy atom. The van der Waals surface area contributed by atoms with Crippen molar-refractivity contribution < 1.29 is 0 Å². The first-order valence-corrected chi connectivity index (χ1v) is 18.9. The molecule has 8 bridgehead atoms. The van der Waals surface area contributed by atoms with E-state index in [-0.39, 0.29) is 0 Å². The van der Waals surface area contributed by atoms with Gasteiger partial charge in [-0.15, -0.1) is 0 Å². The highest BCUT2D eigenvalue weighted by molar-refractivity contribution is 5.09. The standard InChI is InChI=1S/C34H61N9/c1-43(2)25-17-9-16-24-26(25)34-41-32-23-15-8-7-14-22(23)30(39-32)37-28-19-11-4-3-10-18(19)27(35-28)36-29-20-12-5-6-13-21(20)31(38-29)40-33(24)42-34/h18-42H,3-17H2,1-2H3. The molecule has 43 heavy (non-hydrogen) atoms. The van der Waals surface area contributed by atoms with Gasteiger partial charge in [-0.3, -0.25) is 42.5 Å². The predicted molar refractivity (Wildman–Crippen MR) is 170 cm³/mol. The highest BCUT2D eigenvalue weighted by Gasteiger charge is 2.55. The van der Waals surface area contributed by atoms with E-state index < -0.39 is 0 Å². The van der Waals surface area contributed by atoms with E-state index in [4.69, 9.17) is 0 Å². The molecule has 0 aromatic carbocycles. The third-order valence-corrected chi connectivity index (χ3v) is 14.5. The van der Waals surface area contributed by atoms with E-state index in [1.54, 1.807) is 0 Å². The minimum atomic E-state index is 0.344. The number of fused-ring (bicyclic) bond motifs is 20. The first-order valence-electron chi connectivity index (χ1n) is 18.9. The van der Waals surface area contributed by atoms with Crippen LogP contribution < -0.4 is 42.5 Å². The van der Waals surface area contributed by atoms with Crippen LogP contribution in [0.2, 0.25) is 0 Å². The van der Waals surface area contributed by atoms with Gasteiger partial charge in [-0.25, -0.2) is 0 Å². The molecule has 0 aromatic heterocycles. The van der Waals surface area contributed by atoms with Crippen molar-refractivity contribution in [1.82, 2.24) is 47.4 Å². The summed E-state index contributed by atoms with van der Waals surface area (Å²) < 4.78 is 0. The van der Waals surface area contributed by atoms with Crippen LogP contribution in [0.3, 0.4) is 0 Å². The average Bonchev–Trinajstić information content (AvgIpc) is 3.76. The van der Waals surface area contributed by atoms with Gasteiger partial charge < -0.3 is 4.90 Å². The summed E-state index contributed by atoms with van der Waals surface area (Å²) in [4.78, 5) is 2.54. The Morgan fingerprint density at radius 3 is 0.930 bits per heavy atom. The normalized spacial score (nSPS) is 56.3. The van der Waals surface area contributed by atoms with Crippen molar-refractivity contribution in [3.05, 3.63) is 0 Å². The maximum absolute atomic E-state index is 4.32. The minimum absolute atomic E-state index is 0.344. The van der Waals surface area contributed by atoms with Crippen molar-refractivity contribution in [2.75, 3.05) is 14.1 Å². The van der Waals surface area contributed by atoms with Gasteiger partial charge in [0.05, 0.1) is 49.3 Å². The Morgan fingerprint density at radius 1 is 0.326 bits per heavy atom. The molecule has 9 heteroatoms. The maximum Gasteiger partial charge on any atom is 0.0643 e. The molecule has 4 saturated carbocycles. The Bertz CT molecular complexity index is 993. The van der Waals surface area contributed by atoms with Gasteiger partial charge in [0.1, 0.15) is 0 Å². The van der Waals surface area contributed by atoms with E-state index >= 15 is 0 Å². The van der Waals surface area contributed by atoms with Crippen LogP contribution >= 0.6 is 0 Å². The second-order valence-electron chi connectivity index (χ2n) is 16.7. The highest BCUT2D eigenvalue weighted by atomic mass is 15.4. The third kappa shape index (κ3) is 4.98. The summed E-state index contributed by atoms with van der Waals surface area (Å²) in [7, 11) is 4.65. The molecule has 9 nitrogen and oxygen atoms in total. The van der Waals surface area contributed by atoms with E-state index in [1.807, 2.05) is 0 Å². The molecule has 0 radical (unpaired) electrons. The molecule has 5 aliphatic heterocycles. The van der Waals surface area contributed by atoms with Crippen molar-refractivity contribution in [1.29, 1.82) is 0 Å². The molecule has 0 aromatic rings. The fourth-order valence-corrected chi connectivity index (χ4v) is 12.6. The van der Waals surface area contributed by atoms with E-state index in [1.165, 1.54) is 96.3 Å². The molecular weight excluding hydrogens is 534 g/mol. The number of nitrogens with zero attached hydrogens (tertiary/aromatic N) is 1. The van der Waals surface area contributed by atoms with Crippen LogP contribution in [-0.2, 0) is 0 Å². The van der Waals surface area contributed by atoms with Crippen molar-refractivity contribution in [3.63, 3.8) is 0 Å². The third-order valence-electron chi connectivity index (χ3n) is 14.5. The lowest BCUT2D eigenvalue weighted by Gasteiger charge is -2.42. The number of hydrogen-bond acceptors (Lipinski definition) is 9. The number of nitrogens with one attached hydrogen (secondary N) is 8. The lowest BCUT2D eigenvalue weighted by molar-refractivity contribution is 0.0862. The molecule has 17 atom stereocenters. The summed E-state index contributed by atoms with van der Waals surface area (Å²) in [6.45, 7) is 0. The van der Waals surface area contributed by atoms with E-state index in [0.29, 0.717) is 73.1 Å². The van der Waals surface area contributed by atoms with Gasteiger partial charge in [0.15, 0.2) is 0 Å². The van der Waals surface area contributed by atoms with Crippen LogP contribution in [0, 0.1) is 47.3 Å². The summed E-state index contributed by atoms with van der Waals surface area (Å²) in [5.41, 5.74) is 0. The van der Waals surface area contributed by atoms with Crippen LogP contribution in [0.25, 0.3) is 0 Å². The number of hydrogen-bond donors (Lipinski definition) is 8. The Balaban J connectivity index is 1.07. The molecule has 9 rings (SSSR count). The van der Waals surface area contributed by atoms with E-state index in [0.717, 1.165) is 29.6 Å². The summed E-state index contributed by atoms with van der Waals surface area (Å²) in [5, 5.41) is 34.0. The Hall–Kier alpha value is -0.360. The maximum atomic E-state index is 4.32. The first kappa shape index (κ1) is 28.8. The predicted octanol–water partition coefficient (Wildman–Crippen LogP) is 2.15. The Kier molecular flexibility index (Phi) is 7.85. The molecule has 4 aliphatic carbocycles. The van der Waals surface area contributed by atoms with Gasteiger partial charge in [0, 0.05) is 12.0 Å². The van der Waals surface area contributed by atoms with Crippen molar-refractivity contribution >= 4 is 0 Å². The topological polar surface area (TPSA) is 99.5 Å². The first-order chi connectivity index (χ1) is 21.1. The van der Waals surface area contributed by atoms with Crippen LogP contribution in [0.15, 0.2) is 0 Å². The summed E-state index contributed by atoms with van der Waals surface area (Å²) in [6.07, 6.45) is 23.6. The molecular formula is C34H61N9. The SMILES string of the molecule is CN(C)C1CCCC2C3NC4NC(NC5NC(NC6NC(NC(N3)C21)C1CCCCC61)C1CCCCC51)C1CCCCC41. The van der Waals surface area contributed by atoms with Gasteiger partial charge in [-0.2, -0.15) is 0 Å². The van der Waals surface area contributed by atoms with Gasteiger partial charge >= 0.3 is 0 Å². The molecule has 17 unspecified atom stereocenters. The second-order valence-corrected chi connectivity index (χ2v) is 16.7. The zero-order valence-corrected chi connectivity index (χ0v) is 26.9. The van der Waals surface area contributed by atoms with Crippen molar-refractivity contribution in [2.24, 2.45) is 47.3 Å². The smallest absolute Gasteiger partial charge is 0.0643 e. The largest absolute Gasteiger partial charge is 0.306 e. The van der Waals surface area contributed by atoms with Crippen LogP contribution in [-0.4, -0.2) is 74.4 Å². The van der Waals surface area contributed by atoms with Crippen molar-refractivity contribution in [2.45, 2.75) is 152 Å². The van der Waals surface area contributed by atoms with Gasteiger partial charge in [-0.05, 0) is 107 Å². The molecule has 9 aliphatic rings. The highest BCUT2D eigenvalue weighted by Crippen LogP contribution is 2.46. The summed E-state index contributed by atoms with van der Waals surface area (Å²) in [5.74, 6) is 5.66. The summed E-state index contributed by atoms with van der Waals surface area (Å²) >= 11 is 0. The lowest BCUT2D eigenvalue weighted by Crippen LogP contribution is -2.62. The van der Waals surface area contributed by atoms with Crippen LogP contribution in [0.4, 0.5) is 0 Å². The zero-order valence-electron chi connectivity index (χ0n) is 26.9. The Labute approximate surface area is 260 Å². The monoisotopic (exact) mass is 596 g/mol. The quantitative estimate of drug-likeness (QED) is 0.232. The lowest BCUT2D eigenvalue weighted by atomic mass is 9.74. The number of rotatable bonds is 1. The molecule has 5 saturated heterocycles. The van der Waals surface area contributed by atoms with E-state index in [9.17, 15) is 0 Å². The van der Waals surface area contributed by atoms with E-state index in [2.05, 4.69) is 61.5 Å². The molecule has 0 amide bonds. The second kappa shape index (κ2) is 11.7. The molecule has 5 heterocycles. The average molecular weight is 596 g/mol. The molecule has 8 N–H and O–H groups in total. The fourth-order valence-electron chi connectivity index (χ4n) is 12.6. The fraction of sp³-hybridized carbons (Fsp3) is 1.00. The van der Waals surface area contributed by atoms with Gasteiger partial charge in [-0.1, -0.05) is 44.9 Å². The zero-order chi connectivity index (χ0) is 28.7.